The van der Waals surface area contributed by atoms with Crippen molar-refractivity contribution in [1.29, 1.82) is 0 Å². The second-order valence-corrected chi connectivity index (χ2v) is 4.59. The molecular formula is C11H23N3O. The second-order valence-electron chi connectivity index (χ2n) is 4.59. The van der Waals surface area contributed by atoms with Crippen LogP contribution in [0.5, 0.6) is 0 Å². The van der Waals surface area contributed by atoms with E-state index in [1.54, 1.807) is 0 Å². The summed E-state index contributed by atoms with van der Waals surface area (Å²) in [5, 5.41) is 2.95. The van der Waals surface area contributed by atoms with E-state index in [1.165, 1.54) is 0 Å². The predicted octanol–water partition coefficient (Wildman–Crippen LogP) is 0.00600. The number of hydrogen-bond acceptors (Lipinski definition) is 3. The molecule has 0 bridgehead atoms. The lowest BCUT2D eigenvalue weighted by molar-refractivity contribution is -0.124. The van der Waals surface area contributed by atoms with Crippen molar-refractivity contribution < 1.29 is 4.79 Å². The molecule has 4 nitrogen and oxygen atoms in total. The molecule has 0 atom stereocenters. The number of likely N-dealkylation sites (N-methyl/N-ethyl adjacent to an activating group) is 1. The van der Waals surface area contributed by atoms with Crippen molar-refractivity contribution in [3.05, 3.63) is 0 Å². The van der Waals surface area contributed by atoms with Gasteiger partial charge in [0, 0.05) is 45.2 Å². The first-order valence-corrected chi connectivity index (χ1v) is 5.78. The minimum atomic E-state index is 0.0949. The average molecular weight is 213 g/mol. The highest BCUT2D eigenvalue weighted by Gasteiger charge is 2.13. The molecule has 4 heteroatoms. The number of carbonyl (C=O) groups excluding carboxylic acids is 1. The van der Waals surface area contributed by atoms with Gasteiger partial charge < -0.3 is 10.2 Å². The molecule has 0 saturated carbocycles. The fourth-order valence-electron chi connectivity index (χ4n) is 1.61. The molecule has 88 valence electrons. The van der Waals surface area contributed by atoms with Gasteiger partial charge in [0.1, 0.15) is 0 Å². The monoisotopic (exact) mass is 213 g/mol. The van der Waals surface area contributed by atoms with E-state index in [2.05, 4.69) is 22.2 Å². The van der Waals surface area contributed by atoms with Crippen molar-refractivity contribution in [2.45, 2.75) is 13.8 Å². The number of piperazine rings is 1. The maximum absolute atomic E-state index is 11.3. The van der Waals surface area contributed by atoms with Crippen LogP contribution in [-0.2, 0) is 4.79 Å². The zero-order valence-electron chi connectivity index (χ0n) is 10.1. The zero-order valence-corrected chi connectivity index (χ0v) is 10.1. The molecule has 0 aromatic heterocycles. The number of rotatable bonds is 4. The molecule has 1 heterocycles. The molecule has 1 amide bonds. The van der Waals surface area contributed by atoms with Gasteiger partial charge in [-0.3, -0.25) is 9.69 Å². The molecule has 1 N–H and O–H groups in total. The highest BCUT2D eigenvalue weighted by molar-refractivity contribution is 5.77. The van der Waals surface area contributed by atoms with Crippen molar-refractivity contribution in [2.75, 3.05) is 46.3 Å². The van der Waals surface area contributed by atoms with E-state index in [0.29, 0.717) is 0 Å². The van der Waals surface area contributed by atoms with Gasteiger partial charge in [-0.1, -0.05) is 13.8 Å². The van der Waals surface area contributed by atoms with Crippen molar-refractivity contribution in [2.24, 2.45) is 5.92 Å². The molecule has 1 rings (SSSR count). The minimum Gasteiger partial charge on any atom is -0.355 e. The van der Waals surface area contributed by atoms with Crippen molar-refractivity contribution in [1.82, 2.24) is 15.1 Å². The summed E-state index contributed by atoms with van der Waals surface area (Å²) < 4.78 is 0. The Kier molecular flexibility index (Phi) is 5.05. The summed E-state index contributed by atoms with van der Waals surface area (Å²) >= 11 is 0. The number of amides is 1. The first-order chi connectivity index (χ1) is 7.09. The van der Waals surface area contributed by atoms with Gasteiger partial charge in [-0.2, -0.15) is 0 Å². The number of nitrogens with one attached hydrogen (secondary N) is 1. The van der Waals surface area contributed by atoms with Gasteiger partial charge in [-0.25, -0.2) is 0 Å². The molecule has 1 fully saturated rings. The van der Waals surface area contributed by atoms with Crippen LogP contribution < -0.4 is 5.32 Å². The van der Waals surface area contributed by atoms with Crippen LogP contribution in [0.1, 0.15) is 13.8 Å². The normalized spacial score (nSPS) is 19.5. The zero-order chi connectivity index (χ0) is 11.3. The lowest BCUT2D eigenvalue weighted by atomic mass is 10.2. The van der Waals surface area contributed by atoms with Crippen molar-refractivity contribution in [3.8, 4) is 0 Å². The van der Waals surface area contributed by atoms with E-state index in [4.69, 9.17) is 0 Å². The lowest BCUT2D eigenvalue weighted by Gasteiger charge is -2.32. The van der Waals surface area contributed by atoms with Gasteiger partial charge in [0.05, 0.1) is 0 Å². The highest BCUT2D eigenvalue weighted by Crippen LogP contribution is 1.97. The summed E-state index contributed by atoms with van der Waals surface area (Å²) in [5.41, 5.74) is 0. The third-order valence-electron chi connectivity index (χ3n) is 2.85. The molecule has 1 saturated heterocycles. The molecule has 0 aromatic carbocycles. The van der Waals surface area contributed by atoms with Gasteiger partial charge >= 0.3 is 0 Å². The van der Waals surface area contributed by atoms with E-state index in [0.717, 1.165) is 39.3 Å². The van der Waals surface area contributed by atoms with E-state index in [1.807, 2.05) is 13.8 Å². The van der Waals surface area contributed by atoms with Crippen LogP contribution in [0.2, 0.25) is 0 Å². The Hall–Kier alpha value is -0.610. The van der Waals surface area contributed by atoms with E-state index in [9.17, 15) is 4.79 Å². The fraction of sp³-hybridized carbons (Fsp3) is 0.909. The third kappa shape index (κ3) is 4.62. The van der Waals surface area contributed by atoms with Gasteiger partial charge in [-0.15, -0.1) is 0 Å². The molecule has 0 spiro atoms. The maximum atomic E-state index is 11.3. The number of nitrogens with zero attached hydrogens (tertiary/aromatic N) is 2. The van der Waals surface area contributed by atoms with Gasteiger partial charge in [0.15, 0.2) is 0 Å². The maximum Gasteiger partial charge on any atom is 0.222 e. The molecular weight excluding hydrogens is 190 g/mol. The summed E-state index contributed by atoms with van der Waals surface area (Å²) in [4.78, 5) is 16.0. The molecule has 0 aliphatic carbocycles. The summed E-state index contributed by atoms with van der Waals surface area (Å²) in [6.07, 6.45) is 0. The second kappa shape index (κ2) is 6.08. The summed E-state index contributed by atoms with van der Waals surface area (Å²) in [7, 11) is 2.15. The molecule has 0 unspecified atom stereocenters. The first kappa shape index (κ1) is 12.5. The van der Waals surface area contributed by atoms with E-state index >= 15 is 0 Å². The summed E-state index contributed by atoms with van der Waals surface area (Å²) in [6.45, 7) is 10.1. The Bertz CT molecular complexity index is 198. The van der Waals surface area contributed by atoms with Crippen LogP contribution in [0, 0.1) is 5.92 Å². The van der Waals surface area contributed by atoms with Crippen LogP contribution in [-0.4, -0.2) is 62.0 Å². The number of hydrogen-bond donors (Lipinski definition) is 1. The smallest absolute Gasteiger partial charge is 0.222 e. The van der Waals surface area contributed by atoms with E-state index < -0.39 is 0 Å². The van der Waals surface area contributed by atoms with E-state index in [-0.39, 0.29) is 11.8 Å². The van der Waals surface area contributed by atoms with Gasteiger partial charge in [0.25, 0.3) is 0 Å². The Morgan fingerprint density at radius 3 is 2.40 bits per heavy atom. The van der Waals surface area contributed by atoms with Crippen molar-refractivity contribution in [3.63, 3.8) is 0 Å². The SMILES string of the molecule is CC(C)C(=O)NCCN1CCN(C)CC1. The minimum absolute atomic E-state index is 0.0949. The van der Waals surface area contributed by atoms with Gasteiger partial charge in [-0.05, 0) is 7.05 Å². The van der Waals surface area contributed by atoms with Gasteiger partial charge in [0.2, 0.25) is 5.91 Å². The predicted molar refractivity (Wildman–Crippen MR) is 61.8 cm³/mol. The fourth-order valence-corrected chi connectivity index (χ4v) is 1.61. The first-order valence-electron chi connectivity index (χ1n) is 5.78. The molecule has 1 aliphatic rings. The average Bonchev–Trinajstić information content (AvgIpc) is 2.20. The Morgan fingerprint density at radius 1 is 1.27 bits per heavy atom. The quantitative estimate of drug-likeness (QED) is 0.714. The Morgan fingerprint density at radius 2 is 1.87 bits per heavy atom. The molecule has 15 heavy (non-hydrogen) atoms. The van der Waals surface area contributed by atoms with Crippen molar-refractivity contribution >= 4 is 5.91 Å². The van der Waals surface area contributed by atoms with Crippen LogP contribution >= 0.6 is 0 Å². The molecule has 0 aromatic rings. The van der Waals surface area contributed by atoms with Crippen LogP contribution in [0.3, 0.4) is 0 Å². The summed E-state index contributed by atoms with van der Waals surface area (Å²) in [6, 6.07) is 0. The topological polar surface area (TPSA) is 35.6 Å². The molecule has 1 aliphatic heterocycles. The Labute approximate surface area is 92.6 Å². The molecule has 0 radical (unpaired) electrons. The van der Waals surface area contributed by atoms with Crippen LogP contribution in [0.25, 0.3) is 0 Å². The lowest BCUT2D eigenvalue weighted by Crippen LogP contribution is -2.47. The standard InChI is InChI=1S/C11H23N3O/c1-10(2)11(15)12-4-5-14-8-6-13(3)7-9-14/h10H,4-9H2,1-3H3,(H,12,15). The van der Waals surface area contributed by atoms with Crippen LogP contribution in [0.4, 0.5) is 0 Å². The Balaban J connectivity index is 2.08. The van der Waals surface area contributed by atoms with Crippen LogP contribution in [0.15, 0.2) is 0 Å². The number of carbonyl (C=O) groups is 1. The summed E-state index contributed by atoms with van der Waals surface area (Å²) in [5.74, 6) is 0.251. The third-order valence-corrected chi connectivity index (χ3v) is 2.85. The highest BCUT2D eigenvalue weighted by atomic mass is 16.1. The largest absolute Gasteiger partial charge is 0.355 e.